The largest absolute Gasteiger partial charge is 0.388 e. The molecule has 8 heteroatoms. The number of nitrogens with zero attached hydrogens (tertiary/aromatic N) is 1. The van der Waals surface area contributed by atoms with E-state index < -0.39 is 10.0 Å². The molecule has 98 valence electrons. The van der Waals surface area contributed by atoms with Gasteiger partial charge in [0.15, 0.2) is 0 Å². The van der Waals surface area contributed by atoms with Crippen LogP contribution in [0.1, 0.15) is 12.1 Å². The van der Waals surface area contributed by atoms with Crippen LogP contribution in [0.5, 0.6) is 0 Å². The van der Waals surface area contributed by atoms with Gasteiger partial charge in [-0.25, -0.2) is 13.1 Å². The van der Waals surface area contributed by atoms with E-state index >= 15 is 0 Å². The van der Waals surface area contributed by atoms with Crippen LogP contribution >= 0.6 is 12.2 Å². The van der Waals surface area contributed by atoms with Crippen LogP contribution in [-0.2, 0) is 14.8 Å². The van der Waals surface area contributed by atoms with E-state index in [9.17, 15) is 8.42 Å². The SMILES string of the molecule is NC(=S)c1ncccc1S(=O)(=O)NC1CCOC1. The second kappa shape index (κ2) is 5.27. The second-order valence-corrected chi connectivity index (χ2v) is 6.02. The molecule has 0 aromatic carbocycles. The van der Waals surface area contributed by atoms with Gasteiger partial charge in [-0.3, -0.25) is 4.98 Å². The van der Waals surface area contributed by atoms with Crippen molar-refractivity contribution in [3.05, 3.63) is 24.0 Å². The summed E-state index contributed by atoms with van der Waals surface area (Å²) < 4.78 is 32.1. The fraction of sp³-hybridized carbons (Fsp3) is 0.400. The minimum absolute atomic E-state index is 0.00407. The second-order valence-electron chi connectivity index (χ2n) is 3.90. The first-order chi connectivity index (χ1) is 8.50. The molecule has 0 bridgehead atoms. The van der Waals surface area contributed by atoms with E-state index in [2.05, 4.69) is 9.71 Å². The van der Waals surface area contributed by atoms with E-state index in [1.54, 1.807) is 0 Å². The van der Waals surface area contributed by atoms with Crippen LogP contribution in [0.3, 0.4) is 0 Å². The summed E-state index contributed by atoms with van der Waals surface area (Å²) in [6.45, 7) is 0.935. The number of ether oxygens (including phenoxy) is 1. The van der Waals surface area contributed by atoms with Gasteiger partial charge in [-0.05, 0) is 18.6 Å². The van der Waals surface area contributed by atoms with Crippen LogP contribution in [0, 0.1) is 0 Å². The Kier molecular flexibility index (Phi) is 3.91. The lowest BCUT2D eigenvalue weighted by atomic mass is 10.3. The van der Waals surface area contributed by atoms with Gasteiger partial charge < -0.3 is 10.5 Å². The number of pyridine rings is 1. The Morgan fingerprint density at radius 2 is 2.39 bits per heavy atom. The highest BCUT2D eigenvalue weighted by Crippen LogP contribution is 2.15. The average Bonchev–Trinajstić information content (AvgIpc) is 2.81. The molecule has 1 atom stereocenters. The summed E-state index contributed by atoms with van der Waals surface area (Å²) in [6, 6.07) is 2.75. The average molecular weight is 287 g/mol. The number of nitrogens with two attached hydrogens (primary N) is 1. The third-order valence-corrected chi connectivity index (χ3v) is 4.29. The quantitative estimate of drug-likeness (QED) is 0.744. The van der Waals surface area contributed by atoms with Gasteiger partial charge in [0.1, 0.15) is 15.6 Å². The number of aromatic nitrogens is 1. The number of nitrogens with one attached hydrogen (secondary N) is 1. The highest BCUT2D eigenvalue weighted by atomic mass is 32.2. The van der Waals surface area contributed by atoms with E-state index in [1.165, 1.54) is 18.3 Å². The fourth-order valence-electron chi connectivity index (χ4n) is 1.70. The minimum atomic E-state index is -3.68. The Morgan fingerprint density at radius 3 is 3.00 bits per heavy atom. The monoisotopic (exact) mass is 287 g/mol. The van der Waals surface area contributed by atoms with Crippen LogP contribution in [0.4, 0.5) is 0 Å². The van der Waals surface area contributed by atoms with Crippen molar-refractivity contribution in [2.45, 2.75) is 17.4 Å². The molecule has 3 N–H and O–H groups in total. The summed E-state index contributed by atoms with van der Waals surface area (Å²) in [5, 5.41) is 0. The number of hydrogen-bond acceptors (Lipinski definition) is 5. The molecule has 0 spiro atoms. The van der Waals surface area contributed by atoms with Crippen molar-refractivity contribution in [2.75, 3.05) is 13.2 Å². The van der Waals surface area contributed by atoms with Crippen molar-refractivity contribution in [3.8, 4) is 0 Å². The molecule has 2 heterocycles. The molecule has 0 saturated carbocycles. The third-order valence-electron chi connectivity index (χ3n) is 2.55. The molecule has 18 heavy (non-hydrogen) atoms. The first kappa shape index (κ1) is 13.3. The van der Waals surface area contributed by atoms with E-state index in [-0.39, 0.29) is 21.6 Å². The van der Waals surface area contributed by atoms with Gasteiger partial charge in [-0.2, -0.15) is 0 Å². The molecule has 6 nitrogen and oxygen atoms in total. The molecule has 1 aromatic heterocycles. The van der Waals surface area contributed by atoms with E-state index in [4.69, 9.17) is 22.7 Å². The fourth-order valence-corrected chi connectivity index (χ4v) is 3.36. The smallest absolute Gasteiger partial charge is 0.243 e. The molecule has 1 saturated heterocycles. The zero-order chi connectivity index (χ0) is 13.2. The van der Waals surface area contributed by atoms with Crippen molar-refractivity contribution >= 4 is 27.2 Å². The molecule has 1 unspecified atom stereocenters. The summed E-state index contributed by atoms with van der Waals surface area (Å²) in [5.41, 5.74) is 5.58. The standard InChI is InChI=1S/C10H13N3O3S2/c11-10(17)9-8(2-1-4-12-9)18(14,15)13-7-3-5-16-6-7/h1-2,4,7,13H,3,5-6H2,(H2,11,17). The summed E-state index contributed by atoms with van der Waals surface area (Å²) in [6.07, 6.45) is 2.11. The van der Waals surface area contributed by atoms with Crippen LogP contribution < -0.4 is 10.5 Å². The maximum absolute atomic E-state index is 12.2. The molecule has 0 radical (unpaired) electrons. The van der Waals surface area contributed by atoms with Crippen molar-refractivity contribution < 1.29 is 13.2 Å². The van der Waals surface area contributed by atoms with E-state index in [0.717, 1.165) is 0 Å². The van der Waals surface area contributed by atoms with Crippen molar-refractivity contribution in [1.82, 2.24) is 9.71 Å². The van der Waals surface area contributed by atoms with Crippen molar-refractivity contribution in [2.24, 2.45) is 5.73 Å². The highest BCUT2D eigenvalue weighted by Gasteiger charge is 2.26. The summed E-state index contributed by atoms with van der Waals surface area (Å²) in [5.74, 6) is 0. The highest BCUT2D eigenvalue weighted by molar-refractivity contribution is 7.89. The maximum atomic E-state index is 12.2. The Hall–Kier alpha value is -1.09. The van der Waals surface area contributed by atoms with Gasteiger partial charge >= 0.3 is 0 Å². The van der Waals surface area contributed by atoms with Gasteiger partial charge in [-0.1, -0.05) is 12.2 Å². The molecule has 0 aliphatic carbocycles. The van der Waals surface area contributed by atoms with Gasteiger partial charge in [0.05, 0.1) is 6.61 Å². The molecule has 1 aromatic rings. The predicted molar refractivity (Wildman–Crippen MR) is 69.7 cm³/mol. The first-order valence-corrected chi connectivity index (χ1v) is 7.25. The predicted octanol–water partition coefficient (Wildman–Crippen LogP) is -0.217. The third kappa shape index (κ3) is 2.83. The van der Waals surface area contributed by atoms with Crippen LogP contribution in [0.2, 0.25) is 0 Å². The number of rotatable bonds is 4. The number of thiocarbonyl (C=S) groups is 1. The topological polar surface area (TPSA) is 94.3 Å². The van der Waals surface area contributed by atoms with Crippen LogP contribution in [0.25, 0.3) is 0 Å². The molecule has 2 rings (SSSR count). The lowest BCUT2D eigenvalue weighted by Crippen LogP contribution is -2.36. The zero-order valence-electron chi connectivity index (χ0n) is 9.50. The maximum Gasteiger partial charge on any atom is 0.243 e. The molecular formula is C10H13N3O3S2. The molecular weight excluding hydrogens is 274 g/mol. The Labute approximate surface area is 111 Å². The molecule has 1 fully saturated rings. The van der Waals surface area contributed by atoms with Crippen LogP contribution in [0.15, 0.2) is 23.2 Å². The normalized spacial score (nSPS) is 19.9. The summed E-state index contributed by atoms with van der Waals surface area (Å²) in [4.78, 5) is 3.86. The van der Waals surface area contributed by atoms with Gasteiger partial charge in [0, 0.05) is 18.8 Å². The lowest BCUT2D eigenvalue weighted by molar-refractivity contribution is 0.192. The van der Waals surface area contributed by atoms with E-state index in [1.807, 2.05) is 0 Å². The lowest BCUT2D eigenvalue weighted by Gasteiger charge is -2.13. The summed E-state index contributed by atoms with van der Waals surface area (Å²) >= 11 is 4.80. The molecule has 1 aliphatic rings. The number of hydrogen-bond donors (Lipinski definition) is 2. The first-order valence-electron chi connectivity index (χ1n) is 5.35. The zero-order valence-corrected chi connectivity index (χ0v) is 11.1. The Bertz CT molecular complexity index is 553. The number of sulfonamides is 1. The summed E-state index contributed by atoms with van der Waals surface area (Å²) in [7, 11) is -3.68. The van der Waals surface area contributed by atoms with Gasteiger partial charge in [-0.15, -0.1) is 0 Å². The van der Waals surface area contributed by atoms with E-state index in [0.29, 0.717) is 19.6 Å². The van der Waals surface area contributed by atoms with Gasteiger partial charge in [0.2, 0.25) is 10.0 Å². The Morgan fingerprint density at radius 1 is 1.61 bits per heavy atom. The Balaban J connectivity index is 2.31. The van der Waals surface area contributed by atoms with Crippen molar-refractivity contribution in [3.63, 3.8) is 0 Å². The van der Waals surface area contributed by atoms with Crippen molar-refractivity contribution in [1.29, 1.82) is 0 Å². The van der Waals surface area contributed by atoms with Crippen LogP contribution in [-0.4, -0.2) is 37.6 Å². The molecule has 1 aliphatic heterocycles. The van der Waals surface area contributed by atoms with Gasteiger partial charge in [0.25, 0.3) is 0 Å². The molecule has 0 amide bonds. The minimum Gasteiger partial charge on any atom is -0.388 e.